The molecule has 3 heterocycles. The fourth-order valence-corrected chi connectivity index (χ4v) is 6.70. The Morgan fingerprint density at radius 3 is 2.46 bits per heavy atom. The lowest BCUT2D eigenvalue weighted by Crippen LogP contribution is -2.48. The van der Waals surface area contributed by atoms with E-state index >= 15 is 0 Å². The van der Waals surface area contributed by atoms with Crippen LogP contribution in [-0.2, 0) is 26.6 Å². The lowest BCUT2D eigenvalue weighted by molar-refractivity contribution is -0.137. The Bertz CT molecular complexity index is 1930. The van der Waals surface area contributed by atoms with Crippen molar-refractivity contribution in [3.05, 3.63) is 82.9 Å². The van der Waals surface area contributed by atoms with Crippen LogP contribution in [0, 0.1) is 11.7 Å². The first-order valence-corrected chi connectivity index (χ1v) is 15.3. The number of carbonyl (C=O) groups is 3. The predicted octanol–water partition coefficient (Wildman–Crippen LogP) is 5.66. The third-order valence-electron chi connectivity index (χ3n) is 9.60. The summed E-state index contributed by atoms with van der Waals surface area (Å²) in [5, 5.41) is 2.87. The van der Waals surface area contributed by atoms with Crippen molar-refractivity contribution in [1.29, 1.82) is 0 Å². The number of nitrogens with two attached hydrogens (primary N) is 1. The molecule has 2 aromatic heterocycles. The zero-order valence-electron chi connectivity index (χ0n) is 26.1. The number of halogens is 4. The maximum absolute atomic E-state index is 13.9. The highest BCUT2D eigenvalue weighted by Crippen LogP contribution is 2.48. The number of primary amides is 1. The number of aromatic nitrogens is 2. The van der Waals surface area contributed by atoms with Crippen LogP contribution in [0.25, 0.3) is 22.2 Å². The molecule has 9 nitrogen and oxygen atoms in total. The fourth-order valence-electron chi connectivity index (χ4n) is 6.70. The average Bonchev–Trinajstić information content (AvgIpc) is 3.74. The summed E-state index contributed by atoms with van der Waals surface area (Å²) in [5.74, 6) is -1.66. The second kappa shape index (κ2) is 12.2. The summed E-state index contributed by atoms with van der Waals surface area (Å²) in [7, 11) is 1.31. The molecule has 48 heavy (non-hydrogen) atoms. The maximum Gasteiger partial charge on any atom is 0.417 e. The number of amides is 2. The molecule has 1 fully saturated rings. The lowest BCUT2D eigenvalue weighted by Gasteiger charge is -2.35. The number of hydrogen-bond acceptors (Lipinski definition) is 7. The van der Waals surface area contributed by atoms with E-state index < -0.39 is 40.2 Å². The number of nitrogens with zero attached hydrogens (tertiary/aromatic N) is 2. The van der Waals surface area contributed by atoms with E-state index in [1.807, 2.05) is 0 Å². The minimum atomic E-state index is -4.65. The van der Waals surface area contributed by atoms with Gasteiger partial charge in [-0.05, 0) is 74.2 Å². The van der Waals surface area contributed by atoms with Crippen LogP contribution in [0.15, 0.2) is 54.7 Å². The van der Waals surface area contributed by atoms with Crippen molar-refractivity contribution in [3.8, 4) is 22.8 Å². The number of ether oxygens (including phenoxy) is 2. The van der Waals surface area contributed by atoms with E-state index in [4.69, 9.17) is 20.2 Å². The van der Waals surface area contributed by atoms with Crippen LogP contribution in [0.5, 0.6) is 11.5 Å². The number of benzene rings is 2. The summed E-state index contributed by atoms with van der Waals surface area (Å²) in [6, 6.07) is 10.7. The van der Waals surface area contributed by atoms with Gasteiger partial charge in [-0.2, -0.15) is 13.2 Å². The molecule has 1 aliphatic heterocycles. The van der Waals surface area contributed by atoms with Crippen molar-refractivity contribution in [1.82, 2.24) is 15.3 Å². The molecule has 13 heteroatoms. The first kappa shape index (κ1) is 32.9. The molecular formula is C35H32F4N4O5. The average molecular weight is 665 g/mol. The number of methoxy groups -OCH3 is 1. The Balaban J connectivity index is 1.45. The molecular weight excluding hydrogens is 632 g/mol. The first-order chi connectivity index (χ1) is 22.8. The molecule has 0 unspecified atom stereocenters. The smallest absolute Gasteiger partial charge is 0.417 e. The van der Waals surface area contributed by atoms with Gasteiger partial charge in [-0.1, -0.05) is 12.8 Å². The monoisotopic (exact) mass is 664 g/mol. The van der Waals surface area contributed by atoms with Gasteiger partial charge in [-0.3, -0.25) is 14.6 Å². The molecule has 0 radical (unpaired) electrons. The van der Waals surface area contributed by atoms with Crippen LogP contribution >= 0.6 is 0 Å². The van der Waals surface area contributed by atoms with Crippen LogP contribution < -0.4 is 20.5 Å². The number of hydrogen-bond donors (Lipinski definition) is 2. The van der Waals surface area contributed by atoms with Gasteiger partial charge in [0.15, 0.2) is 0 Å². The summed E-state index contributed by atoms with van der Waals surface area (Å²) in [6.07, 6.45) is -0.224. The zero-order valence-corrected chi connectivity index (χ0v) is 26.1. The quantitative estimate of drug-likeness (QED) is 0.174. The van der Waals surface area contributed by atoms with Crippen molar-refractivity contribution in [2.24, 2.45) is 11.7 Å². The highest BCUT2D eigenvalue weighted by molar-refractivity contribution is 6.00. The van der Waals surface area contributed by atoms with E-state index in [1.165, 1.54) is 43.5 Å². The molecule has 0 bridgehead atoms. The van der Waals surface area contributed by atoms with Crippen LogP contribution in [0.1, 0.15) is 59.8 Å². The van der Waals surface area contributed by atoms with Gasteiger partial charge in [0.2, 0.25) is 5.91 Å². The highest BCUT2D eigenvalue weighted by Gasteiger charge is 2.48. The summed E-state index contributed by atoms with van der Waals surface area (Å²) in [5.41, 5.74) is 3.80. The number of pyridine rings is 2. The topological polar surface area (TPSA) is 134 Å². The van der Waals surface area contributed by atoms with Gasteiger partial charge in [0.05, 0.1) is 23.8 Å². The van der Waals surface area contributed by atoms with Gasteiger partial charge < -0.3 is 25.3 Å². The Morgan fingerprint density at radius 1 is 1.12 bits per heavy atom. The maximum atomic E-state index is 13.9. The fraction of sp³-hybridized carbons (Fsp3) is 0.343. The minimum absolute atomic E-state index is 0.00434. The van der Waals surface area contributed by atoms with E-state index in [0.717, 1.165) is 25.2 Å². The minimum Gasteiger partial charge on any atom is -0.494 e. The molecule has 2 amide bonds. The highest BCUT2D eigenvalue weighted by atomic mass is 19.4. The predicted molar refractivity (Wildman–Crippen MR) is 167 cm³/mol. The molecule has 2 aromatic carbocycles. The van der Waals surface area contributed by atoms with Gasteiger partial charge in [-0.15, -0.1) is 0 Å². The Morgan fingerprint density at radius 2 is 1.83 bits per heavy atom. The number of alkyl halides is 3. The lowest BCUT2D eigenvalue weighted by atomic mass is 9.71. The summed E-state index contributed by atoms with van der Waals surface area (Å²) < 4.78 is 65.5. The van der Waals surface area contributed by atoms with Crippen molar-refractivity contribution < 1.29 is 41.4 Å². The van der Waals surface area contributed by atoms with Crippen LogP contribution in [0.3, 0.4) is 0 Å². The number of fused-ring (bicyclic) bond motifs is 2. The summed E-state index contributed by atoms with van der Waals surface area (Å²) in [6.45, 7) is 1.34. The Labute approximate surface area is 272 Å². The first-order valence-electron chi connectivity index (χ1n) is 15.3. The Hall–Kier alpha value is -5.07. The summed E-state index contributed by atoms with van der Waals surface area (Å²) in [4.78, 5) is 48.6. The zero-order chi connectivity index (χ0) is 34.4. The normalized spacial score (nSPS) is 19.0. The molecule has 0 spiro atoms. The molecule has 0 saturated heterocycles. The van der Waals surface area contributed by atoms with E-state index in [2.05, 4.69) is 10.3 Å². The number of aldehydes is 1. The number of rotatable bonds is 9. The standard InChI is InChI=1S/C35H32F4N4O5/c1-33(32(40)46)18-48-30-25(33)14-27(43-29(30)19-7-9-24(36)10-8-19)34(17-44,22-5-3-4-6-22)16-42-31(45)21-11-20-12-23(35(37,38)39)15-41-28(20)26(13-21)47-2/h7-15,17,22H,3-6,16,18H2,1-2H3,(H2,40,46)(H,42,45)/t33-,34+/m0/s1. The largest absolute Gasteiger partial charge is 0.494 e. The molecule has 2 atom stereocenters. The van der Waals surface area contributed by atoms with E-state index in [-0.39, 0.29) is 58.4 Å². The van der Waals surface area contributed by atoms with Crippen LogP contribution in [0.4, 0.5) is 17.6 Å². The molecule has 1 saturated carbocycles. The van der Waals surface area contributed by atoms with Crippen LogP contribution in [0.2, 0.25) is 0 Å². The van der Waals surface area contributed by atoms with Crippen molar-refractivity contribution in [2.45, 2.75) is 49.6 Å². The number of nitrogens with one attached hydrogen (secondary N) is 1. The van der Waals surface area contributed by atoms with Crippen molar-refractivity contribution >= 4 is 29.0 Å². The van der Waals surface area contributed by atoms with Crippen LogP contribution in [-0.4, -0.2) is 48.3 Å². The van der Waals surface area contributed by atoms with Gasteiger partial charge >= 0.3 is 6.18 Å². The second-order valence-electron chi connectivity index (χ2n) is 12.5. The van der Waals surface area contributed by atoms with E-state index in [9.17, 15) is 31.9 Å². The third-order valence-corrected chi connectivity index (χ3v) is 9.60. The molecule has 1 aliphatic carbocycles. The van der Waals surface area contributed by atoms with Gasteiger partial charge in [0, 0.05) is 34.8 Å². The third kappa shape index (κ3) is 5.60. The SMILES string of the molecule is COc1cc(C(=O)NC[C@](C=O)(c2cc3c(c(-c4ccc(F)cc4)n2)OC[C@]3(C)C(N)=O)C2CCCC2)cc2cc(C(F)(F)F)cnc12. The van der Waals surface area contributed by atoms with Crippen molar-refractivity contribution in [2.75, 3.05) is 20.3 Å². The molecule has 3 N–H and O–H groups in total. The van der Waals surface area contributed by atoms with Gasteiger partial charge in [-0.25, -0.2) is 9.37 Å². The molecule has 2 aliphatic rings. The van der Waals surface area contributed by atoms with Gasteiger partial charge in [0.25, 0.3) is 5.91 Å². The molecule has 4 aromatic rings. The second-order valence-corrected chi connectivity index (χ2v) is 12.5. The molecule has 250 valence electrons. The summed E-state index contributed by atoms with van der Waals surface area (Å²) >= 11 is 0. The van der Waals surface area contributed by atoms with Gasteiger partial charge in [0.1, 0.15) is 46.8 Å². The Kier molecular flexibility index (Phi) is 8.34. The van der Waals surface area contributed by atoms with Crippen molar-refractivity contribution in [3.63, 3.8) is 0 Å². The molecule has 6 rings (SSSR count). The van der Waals surface area contributed by atoms with E-state index in [0.29, 0.717) is 30.2 Å². The number of carbonyl (C=O) groups excluding carboxylic acids is 3. The van der Waals surface area contributed by atoms with E-state index in [1.54, 1.807) is 13.0 Å².